The van der Waals surface area contributed by atoms with Crippen LogP contribution in [0.5, 0.6) is 0 Å². The van der Waals surface area contributed by atoms with Gasteiger partial charge in [0, 0.05) is 39.7 Å². The lowest BCUT2D eigenvalue weighted by molar-refractivity contribution is -0.146. The fraction of sp³-hybridized carbons (Fsp3) is 0.294. The Morgan fingerprint density at radius 2 is 1.72 bits per heavy atom. The third kappa shape index (κ3) is 4.12. The van der Waals surface area contributed by atoms with Gasteiger partial charge < -0.3 is 19.5 Å². The molecule has 2 N–H and O–H groups in total. The molecule has 0 unspecified atom stereocenters. The van der Waals surface area contributed by atoms with Gasteiger partial charge in [-0.15, -0.1) is 0 Å². The van der Waals surface area contributed by atoms with Crippen molar-refractivity contribution in [3.8, 4) is 0 Å². The first kappa shape index (κ1) is 28.2. The van der Waals surface area contributed by atoms with Gasteiger partial charge in [0.25, 0.3) is 11.8 Å². The summed E-state index contributed by atoms with van der Waals surface area (Å²) in [6, 6.07) is 24.8. The van der Waals surface area contributed by atoms with Crippen molar-refractivity contribution >= 4 is 59.6 Å². The van der Waals surface area contributed by atoms with Crippen LogP contribution >= 0.6 is 11.6 Å². The first-order chi connectivity index (χ1) is 20.6. The summed E-state index contributed by atoms with van der Waals surface area (Å²) in [4.78, 5) is 42.9. The van der Waals surface area contributed by atoms with Crippen LogP contribution in [-0.4, -0.2) is 42.7 Å². The van der Waals surface area contributed by atoms with E-state index in [4.69, 9.17) is 16.3 Å². The molecule has 0 bridgehead atoms. The van der Waals surface area contributed by atoms with Crippen LogP contribution in [0.1, 0.15) is 34.8 Å². The zero-order valence-corrected chi connectivity index (χ0v) is 26.0. The maximum absolute atomic E-state index is 14.6. The molecule has 3 heterocycles. The predicted octanol–water partition coefficient (Wildman–Crippen LogP) is 6.51. The number of carbonyl (C=O) groups excluding carboxylic acids is 2. The Hall–Kier alpha value is -3.53. The number of hydrogen-bond acceptors (Lipinski definition) is 5. The second-order valence-electron chi connectivity index (χ2n) is 12.4. The molecule has 7 rings (SSSR count). The van der Waals surface area contributed by atoms with Crippen molar-refractivity contribution in [2.75, 3.05) is 16.4 Å². The lowest BCUT2D eigenvalue weighted by atomic mass is 9.82. The van der Waals surface area contributed by atoms with Gasteiger partial charge in [-0.1, -0.05) is 54.9 Å². The molecule has 2 amide bonds. The number of halogens is 1. The first-order valence-corrected chi connectivity index (χ1v) is 18.0. The fourth-order valence-electron chi connectivity index (χ4n) is 7.75. The number of carbonyl (C=O) groups is 2. The van der Waals surface area contributed by atoms with E-state index in [0.717, 1.165) is 27.7 Å². The Labute approximate surface area is 256 Å². The minimum atomic E-state index is -2.79. The molecule has 0 saturated carbocycles. The monoisotopic (exact) mass is 612 g/mol. The summed E-state index contributed by atoms with van der Waals surface area (Å²) in [5.74, 6) is -0.621. The maximum Gasteiger partial charge on any atom is 0.264 e. The van der Waals surface area contributed by atoms with E-state index in [1.807, 2.05) is 86.7 Å². The van der Waals surface area contributed by atoms with E-state index in [2.05, 4.69) is 0 Å². The van der Waals surface area contributed by atoms with Crippen molar-refractivity contribution in [1.29, 1.82) is 0 Å². The standard InChI is InChI=1S/C34H33ClN2O5Si/c1-20-31(43(2,3)41)29(15-16-38)42-34(20)26-18-23(35)13-14-27(26)36(33(34)40)19-21-7-4-10-24(17-21)37-28-12-6-9-22-8-5-11-25(30(22)28)32(37)39/h4-14,17-18,20,29,31,38,41H,15-16,19H2,1-3H3/t20-,29+,31-,34+/m1/s1. The number of nitrogens with zero attached hydrogens (tertiary/aromatic N) is 2. The molecule has 7 nitrogen and oxygen atoms in total. The molecule has 4 aromatic carbocycles. The minimum Gasteiger partial charge on any atom is -0.432 e. The van der Waals surface area contributed by atoms with Crippen molar-refractivity contribution in [1.82, 2.24) is 0 Å². The van der Waals surface area contributed by atoms with E-state index in [1.165, 1.54) is 0 Å². The molecule has 220 valence electrons. The average Bonchev–Trinajstić information content (AvgIpc) is 3.52. The van der Waals surface area contributed by atoms with Crippen LogP contribution in [0.2, 0.25) is 23.7 Å². The van der Waals surface area contributed by atoms with E-state index in [-0.39, 0.29) is 36.4 Å². The molecule has 0 aliphatic carbocycles. The fourth-order valence-corrected chi connectivity index (χ4v) is 10.5. The molecular weight excluding hydrogens is 580 g/mol. The zero-order chi connectivity index (χ0) is 30.3. The predicted molar refractivity (Wildman–Crippen MR) is 170 cm³/mol. The van der Waals surface area contributed by atoms with Crippen LogP contribution in [0.25, 0.3) is 10.8 Å². The Morgan fingerprint density at radius 1 is 0.977 bits per heavy atom. The Morgan fingerprint density at radius 3 is 2.47 bits per heavy atom. The number of anilines is 3. The van der Waals surface area contributed by atoms with Gasteiger partial charge >= 0.3 is 0 Å². The largest absolute Gasteiger partial charge is 0.432 e. The second kappa shape index (κ2) is 10.0. The summed E-state index contributed by atoms with van der Waals surface area (Å²) >= 11 is 6.49. The van der Waals surface area contributed by atoms with Gasteiger partial charge in [0.2, 0.25) is 0 Å². The normalized spacial score (nSPS) is 24.6. The number of aliphatic hydroxyl groups excluding tert-OH is 1. The molecule has 9 heteroatoms. The Bertz CT molecular complexity index is 1800. The summed E-state index contributed by atoms with van der Waals surface area (Å²) in [5, 5.41) is 12.3. The number of rotatable bonds is 6. The van der Waals surface area contributed by atoms with Crippen LogP contribution < -0.4 is 9.80 Å². The van der Waals surface area contributed by atoms with Crippen LogP contribution in [0.3, 0.4) is 0 Å². The Balaban J connectivity index is 1.27. The van der Waals surface area contributed by atoms with E-state index >= 15 is 0 Å². The molecule has 1 spiro atoms. The van der Waals surface area contributed by atoms with Crippen molar-refractivity contribution in [3.63, 3.8) is 0 Å². The number of hydrogen-bond donors (Lipinski definition) is 2. The molecule has 4 atom stereocenters. The van der Waals surface area contributed by atoms with E-state index in [0.29, 0.717) is 28.3 Å². The van der Waals surface area contributed by atoms with Crippen LogP contribution in [0.4, 0.5) is 17.1 Å². The third-order valence-electron chi connectivity index (χ3n) is 9.43. The van der Waals surface area contributed by atoms with Crippen molar-refractivity contribution in [2.45, 2.75) is 50.2 Å². The second-order valence-corrected chi connectivity index (χ2v) is 16.8. The van der Waals surface area contributed by atoms with E-state index in [9.17, 15) is 19.5 Å². The average molecular weight is 613 g/mol. The number of amides is 2. The highest BCUT2D eigenvalue weighted by Gasteiger charge is 2.66. The van der Waals surface area contributed by atoms with Crippen LogP contribution in [0.15, 0.2) is 78.9 Å². The van der Waals surface area contributed by atoms with Crippen LogP contribution in [-0.2, 0) is 21.7 Å². The molecule has 43 heavy (non-hydrogen) atoms. The van der Waals surface area contributed by atoms with Crippen molar-refractivity contribution in [3.05, 3.63) is 101 Å². The molecular formula is C34H33ClN2O5Si. The van der Waals surface area contributed by atoms with E-state index in [1.54, 1.807) is 21.9 Å². The highest BCUT2D eigenvalue weighted by Crippen LogP contribution is 2.60. The highest BCUT2D eigenvalue weighted by molar-refractivity contribution is 6.71. The summed E-state index contributed by atoms with van der Waals surface area (Å²) in [6.07, 6.45) is -0.130. The number of fused-ring (bicyclic) bond motifs is 2. The summed E-state index contributed by atoms with van der Waals surface area (Å²) < 4.78 is 6.66. The van der Waals surface area contributed by atoms with Gasteiger partial charge in [-0.05, 0) is 72.9 Å². The Kier molecular flexibility index (Phi) is 6.57. The zero-order valence-electron chi connectivity index (χ0n) is 24.3. The van der Waals surface area contributed by atoms with Gasteiger partial charge in [-0.3, -0.25) is 14.5 Å². The first-order valence-electron chi connectivity index (χ1n) is 14.6. The molecule has 0 radical (unpaired) electrons. The number of benzene rings is 4. The number of aliphatic hydroxyl groups is 1. The van der Waals surface area contributed by atoms with Crippen LogP contribution in [0, 0.1) is 5.92 Å². The number of ether oxygens (including phenoxy) is 1. The minimum absolute atomic E-state index is 0.0786. The van der Waals surface area contributed by atoms with Gasteiger partial charge in [0.1, 0.15) is 0 Å². The smallest absolute Gasteiger partial charge is 0.264 e. The SMILES string of the molecule is C[C@@H]1[C@@H]([Si](C)(C)O)[C@H](CCO)O[C@@]12C(=O)N(Cc1cccc(N3C(=O)c4cccc5cccc3c45)c1)c1ccc(Cl)cc12. The molecule has 4 aromatic rings. The molecule has 3 aliphatic rings. The maximum atomic E-state index is 14.6. The van der Waals surface area contributed by atoms with Gasteiger partial charge in [-0.2, -0.15) is 0 Å². The third-order valence-corrected chi connectivity index (χ3v) is 12.2. The van der Waals surface area contributed by atoms with Gasteiger partial charge in [0.05, 0.1) is 29.6 Å². The highest BCUT2D eigenvalue weighted by atomic mass is 35.5. The summed E-state index contributed by atoms with van der Waals surface area (Å²) in [7, 11) is -2.79. The summed E-state index contributed by atoms with van der Waals surface area (Å²) in [5.41, 5.74) is 2.92. The van der Waals surface area contributed by atoms with Crippen molar-refractivity contribution < 1.29 is 24.2 Å². The van der Waals surface area contributed by atoms with Crippen molar-refractivity contribution in [2.24, 2.45) is 5.92 Å². The topological polar surface area (TPSA) is 90.3 Å². The molecule has 3 aliphatic heterocycles. The quantitative estimate of drug-likeness (QED) is 0.242. The lowest BCUT2D eigenvalue weighted by Gasteiger charge is -2.32. The lowest BCUT2D eigenvalue weighted by Crippen LogP contribution is -2.46. The van der Waals surface area contributed by atoms with E-state index < -0.39 is 20.0 Å². The molecule has 0 aromatic heterocycles. The summed E-state index contributed by atoms with van der Waals surface area (Å²) in [6.45, 7) is 5.85. The molecule has 1 saturated heterocycles. The van der Waals surface area contributed by atoms with Gasteiger partial charge in [-0.25, -0.2) is 0 Å². The molecule has 1 fully saturated rings. The van der Waals surface area contributed by atoms with Gasteiger partial charge in [0.15, 0.2) is 13.9 Å².